The molecule has 0 aliphatic heterocycles. The van der Waals surface area contributed by atoms with Crippen molar-refractivity contribution < 1.29 is 26.4 Å². The zero-order valence-corrected chi connectivity index (χ0v) is 22.6. The van der Waals surface area contributed by atoms with Crippen LogP contribution in [0.15, 0.2) is 88.8 Å². The first-order valence-corrected chi connectivity index (χ1v) is 14.6. The van der Waals surface area contributed by atoms with Crippen molar-refractivity contribution in [1.29, 1.82) is 10.5 Å². The Morgan fingerprint density at radius 3 is 1.77 bits per heavy atom. The van der Waals surface area contributed by atoms with Crippen LogP contribution in [0.2, 0.25) is 0 Å². The molecule has 0 amide bonds. The van der Waals surface area contributed by atoms with Gasteiger partial charge in [0.2, 0.25) is 0 Å². The summed E-state index contributed by atoms with van der Waals surface area (Å²) < 4.78 is 61.2. The van der Waals surface area contributed by atoms with E-state index in [0.29, 0.717) is 10.9 Å². The van der Waals surface area contributed by atoms with Crippen LogP contribution in [0.25, 0.3) is 10.8 Å². The summed E-state index contributed by atoms with van der Waals surface area (Å²) in [6.45, 7) is 1.06. The fraction of sp³-hybridized carbons (Fsp3) is 0.111. The lowest BCUT2D eigenvalue weighted by Gasteiger charge is -2.27. The fourth-order valence-corrected chi connectivity index (χ4v) is 6.82. The lowest BCUT2D eigenvalue weighted by atomic mass is 10.1. The van der Waals surface area contributed by atoms with E-state index in [0.717, 1.165) is 8.61 Å². The van der Waals surface area contributed by atoms with Gasteiger partial charge in [0.15, 0.2) is 12.5 Å². The molecule has 1 heterocycles. The second-order valence-electron chi connectivity index (χ2n) is 8.20. The summed E-state index contributed by atoms with van der Waals surface area (Å²) in [5, 5.41) is 18.8. The van der Waals surface area contributed by atoms with Gasteiger partial charge in [0.25, 0.3) is 26.5 Å². The Morgan fingerprint density at radius 2 is 1.30 bits per heavy atom. The third kappa shape index (κ3) is 5.16. The van der Waals surface area contributed by atoms with Gasteiger partial charge in [-0.3, -0.25) is 9.10 Å². The third-order valence-corrected chi connectivity index (χ3v) is 9.58. The molecule has 0 N–H and O–H groups in total. The molecule has 0 fully saturated rings. The molecule has 13 heteroatoms. The van der Waals surface area contributed by atoms with Gasteiger partial charge in [-0.05, 0) is 55.5 Å². The summed E-state index contributed by atoms with van der Waals surface area (Å²) in [6, 6.07) is 21.0. The van der Waals surface area contributed by atoms with E-state index in [4.69, 9.17) is 15.3 Å². The molecule has 202 valence electrons. The Labute approximate surface area is 231 Å². The molecular formula is C27H21N5O6S2. The summed E-state index contributed by atoms with van der Waals surface area (Å²) in [4.78, 5) is 15.2. The second kappa shape index (κ2) is 11.4. The molecule has 40 heavy (non-hydrogen) atoms. The van der Waals surface area contributed by atoms with Crippen molar-refractivity contribution >= 4 is 48.8 Å². The van der Waals surface area contributed by atoms with Crippen LogP contribution < -0.4 is 8.61 Å². The summed E-state index contributed by atoms with van der Waals surface area (Å²) in [6.07, 6.45) is 1.24. The second-order valence-corrected chi connectivity index (χ2v) is 11.9. The van der Waals surface area contributed by atoms with Crippen molar-refractivity contribution in [2.75, 3.05) is 21.9 Å². The molecule has 4 aromatic rings. The zero-order chi connectivity index (χ0) is 28.9. The highest BCUT2D eigenvalue weighted by molar-refractivity contribution is 7.93. The number of pyridine rings is 1. The number of anilines is 2. The molecule has 0 aliphatic carbocycles. The van der Waals surface area contributed by atoms with E-state index in [1.54, 1.807) is 31.2 Å². The van der Waals surface area contributed by atoms with Crippen LogP contribution in [0.3, 0.4) is 0 Å². The largest absolute Gasteiger partial charge is 0.445 e. The molecule has 0 unspecified atom stereocenters. The molecule has 0 radical (unpaired) electrons. The predicted molar refractivity (Wildman–Crippen MR) is 146 cm³/mol. The number of carbonyl (C=O) groups excluding carboxylic acids is 1. The first-order chi connectivity index (χ1) is 19.2. The Bertz CT molecular complexity index is 1860. The molecule has 11 nitrogen and oxygen atoms in total. The summed E-state index contributed by atoms with van der Waals surface area (Å²) in [7, 11) is -8.43. The Morgan fingerprint density at radius 1 is 0.800 bits per heavy atom. The van der Waals surface area contributed by atoms with E-state index < -0.39 is 26.8 Å². The van der Waals surface area contributed by atoms with E-state index in [1.807, 2.05) is 12.1 Å². The average Bonchev–Trinajstić information content (AvgIpc) is 2.98. The highest BCUT2D eigenvalue weighted by Crippen LogP contribution is 2.36. The number of fused-ring (bicyclic) bond motifs is 1. The van der Waals surface area contributed by atoms with Gasteiger partial charge in [-0.25, -0.2) is 26.1 Å². The molecule has 0 bridgehead atoms. The van der Waals surface area contributed by atoms with Gasteiger partial charge >= 0.3 is 0 Å². The Kier molecular flexibility index (Phi) is 8.00. The van der Waals surface area contributed by atoms with Crippen molar-refractivity contribution in [3.05, 3.63) is 90.1 Å². The summed E-state index contributed by atoms with van der Waals surface area (Å²) >= 11 is 0. The number of hydrogen-bond acceptors (Lipinski definition) is 9. The minimum Gasteiger partial charge on any atom is -0.445 e. The lowest BCUT2D eigenvalue weighted by molar-refractivity contribution is -0.128. The smallest absolute Gasteiger partial charge is 0.294 e. The minimum absolute atomic E-state index is 0.0227. The van der Waals surface area contributed by atoms with Gasteiger partial charge in [0.05, 0.1) is 44.9 Å². The van der Waals surface area contributed by atoms with Gasteiger partial charge in [-0.2, -0.15) is 10.5 Å². The van der Waals surface area contributed by atoms with Crippen LogP contribution in [0.4, 0.5) is 11.5 Å². The molecule has 0 spiro atoms. The van der Waals surface area contributed by atoms with Crippen LogP contribution in [0, 0.1) is 22.7 Å². The van der Waals surface area contributed by atoms with Crippen molar-refractivity contribution in [2.24, 2.45) is 0 Å². The van der Waals surface area contributed by atoms with Crippen molar-refractivity contribution in [3.8, 4) is 12.1 Å². The number of rotatable bonds is 10. The standard InChI is InChI=1S/C27H21N5O6S2/c1-2-31(39(34,35)22-11-7-20(15-28)8-12-22)26-17-30-27(25-6-4-3-5-24(25)26)32(18-38-19-33)40(36,37)23-13-9-21(16-29)10-14-23/h3-14,17,19H,2,18H2,1H3. The number of nitriles is 2. The molecule has 3 aromatic carbocycles. The van der Waals surface area contributed by atoms with Crippen molar-refractivity contribution in [2.45, 2.75) is 16.7 Å². The number of sulfonamides is 2. The van der Waals surface area contributed by atoms with Gasteiger partial charge in [0.1, 0.15) is 0 Å². The number of ether oxygens (including phenoxy) is 1. The number of carbonyl (C=O) groups is 1. The molecule has 0 saturated carbocycles. The van der Waals surface area contributed by atoms with Crippen LogP contribution in [-0.4, -0.2) is 41.6 Å². The fourth-order valence-electron chi connectivity index (χ4n) is 4.03. The van der Waals surface area contributed by atoms with Gasteiger partial charge in [-0.1, -0.05) is 24.3 Å². The number of aromatic nitrogens is 1. The van der Waals surface area contributed by atoms with Crippen LogP contribution >= 0.6 is 0 Å². The summed E-state index contributed by atoms with van der Waals surface area (Å²) in [5.41, 5.74) is 0.753. The maximum atomic E-state index is 13.6. The minimum atomic E-state index is -4.34. The highest BCUT2D eigenvalue weighted by atomic mass is 32.2. The van der Waals surface area contributed by atoms with Crippen LogP contribution in [-0.2, 0) is 29.6 Å². The molecule has 0 saturated heterocycles. The van der Waals surface area contributed by atoms with Crippen LogP contribution in [0.1, 0.15) is 18.1 Å². The zero-order valence-electron chi connectivity index (χ0n) is 21.0. The number of nitrogens with zero attached hydrogens (tertiary/aromatic N) is 5. The maximum Gasteiger partial charge on any atom is 0.294 e. The lowest BCUT2D eigenvalue weighted by Crippen LogP contribution is -2.35. The van der Waals surface area contributed by atoms with Gasteiger partial charge in [0, 0.05) is 17.3 Å². The SMILES string of the molecule is CCN(c1cnc(N(COC=O)S(=O)(=O)c2ccc(C#N)cc2)c2ccccc12)S(=O)(=O)c1ccc(C#N)cc1. The normalized spacial score (nSPS) is 11.3. The van der Waals surface area contributed by atoms with Gasteiger partial charge < -0.3 is 4.74 Å². The predicted octanol–water partition coefficient (Wildman–Crippen LogP) is 3.52. The Balaban J connectivity index is 1.88. The first kappa shape index (κ1) is 28.0. The van der Waals surface area contributed by atoms with E-state index in [2.05, 4.69) is 4.98 Å². The van der Waals surface area contributed by atoms with E-state index in [9.17, 15) is 21.6 Å². The third-order valence-electron chi connectivity index (χ3n) is 5.95. The summed E-state index contributed by atoms with van der Waals surface area (Å²) in [5.74, 6) is -0.0996. The monoisotopic (exact) mass is 575 g/mol. The van der Waals surface area contributed by atoms with E-state index in [1.165, 1.54) is 54.7 Å². The molecule has 0 atom stereocenters. The number of hydrogen-bond donors (Lipinski definition) is 0. The van der Waals surface area contributed by atoms with Crippen molar-refractivity contribution in [1.82, 2.24) is 4.98 Å². The van der Waals surface area contributed by atoms with Crippen molar-refractivity contribution in [3.63, 3.8) is 0 Å². The maximum absolute atomic E-state index is 13.6. The van der Waals surface area contributed by atoms with Crippen LogP contribution in [0.5, 0.6) is 0 Å². The average molecular weight is 576 g/mol. The Hall–Kier alpha value is -4.98. The molecule has 1 aromatic heterocycles. The molecule has 4 rings (SSSR count). The quantitative estimate of drug-likeness (QED) is 0.203. The number of benzene rings is 3. The van der Waals surface area contributed by atoms with E-state index in [-0.39, 0.29) is 45.3 Å². The topological polar surface area (TPSA) is 162 Å². The highest BCUT2D eigenvalue weighted by Gasteiger charge is 2.31. The van der Waals surface area contributed by atoms with E-state index >= 15 is 0 Å². The van der Waals surface area contributed by atoms with Gasteiger partial charge in [-0.15, -0.1) is 0 Å². The molecular weight excluding hydrogens is 554 g/mol. The molecule has 0 aliphatic rings. The first-order valence-electron chi connectivity index (χ1n) is 11.7.